The Labute approximate surface area is 198 Å². The summed E-state index contributed by atoms with van der Waals surface area (Å²) in [6, 6.07) is 3.11. The number of dihydropyridines is 1. The first-order chi connectivity index (χ1) is 16.2. The molecule has 3 rings (SSSR count). The van der Waals surface area contributed by atoms with E-state index >= 15 is 0 Å². The number of ether oxygens (including phenoxy) is 4. The van der Waals surface area contributed by atoms with Crippen LogP contribution in [0, 0.1) is 11.8 Å². The lowest BCUT2D eigenvalue weighted by atomic mass is 9.69. The summed E-state index contributed by atoms with van der Waals surface area (Å²) in [5.41, 5.74) is 2.20. The Kier molecular flexibility index (Phi) is 7.54. The molecule has 2 aliphatic rings. The number of carbonyl (C=O) groups is 3. The zero-order valence-corrected chi connectivity index (χ0v) is 20.3. The molecule has 0 spiro atoms. The number of Topliss-reactive ketones (excluding diaryl/α,β-unsaturated/α-hetero) is 1. The topological polar surface area (TPSA) is 120 Å². The van der Waals surface area contributed by atoms with Crippen LogP contribution in [0.4, 0.5) is 0 Å². The van der Waals surface area contributed by atoms with Crippen molar-refractivity contribution < 1.29 is 38.4 Å². The van der Waals surface area contributed by atoms with Gasteiger partial charge < -0.3 is 29.4 Å². The maximum absolute atomic E-state index is 13.7. The summed E-state index contributed by atoms with van der Waals surface area (Å²) in [5, 5.41) is 13.6. The molecular weight excluding hydrogens is 442 g/mol. The van der Waals surface area contributed by atoms with Crippen molar-refractivity contribution >= 4 is 17.7 Å². The monoisotopic (exact) mass is 473 g/mol. The summed E-state index contributed by atoms with van der Waals surface area (Å²) in [4.78, 5) is 39.4. The zero-order chi connectivity index (χ0) is 25.2. The Balaban J connectivity index is 2.26. The highest BCUT2D eigenvalue weighted by Gasteiger charge is 2.47. The molecule has 3 atom stereocenters. The number of rotatable bonds is 7. The van der Waals surface area contributed by atoms with Gasteiger partial charge in [0.05, 0.1) is 33.5 Å². The number of aromatic hydroxyl groups is 1. The molecule has 0 bridgehead atoms. The Morgan fingerprint density at radius 3 is 2.29 bits per heavy atom. The molecule has 9 nitrogen and oxygen atoms in total. The predicted octanol–water partition coefficient (Wildman–Crippen LogP) is 2.98. The van der Waals surface area contributed by atoms with E-state index in [4.69, 9.17) is 18.9 Å². The SMILES string of the molecule is CCCOC(=O)C1=C(C)NC2=C(C(=O)[C@H](C(=O)OC)[C@@H](C)C2)[C@@H]1c1cc(OC)c(O)c(OC)c1. The highest BCUT2D eigenvalue weighted by atomic mass is 16.5. The number of esters is 2. The molecule has 0 saturated heterocycles. The fourth-order valence-electron chi connectivity index (χ4n) is 4.64. The summed E-state index contributed by atoms with van der Waals surface area (Å²) >= 11 is 0. The van der Waals surface area contributed by atoms with Crippen LogP contribution in [0.1, 0.15) is 45.1 Å². The average Bonchev–Trinajstić information content (AvgIpc) is 2.81. The predicted molar refractivity (Wildman–Crippen MR) is 122 cm³/mol. The maximum atomic E-state index is 13.7. The molecule has 0 unspecified atom stereocenters. The van der Waals surface area contributed by atoms with E-state index in [2.05, 4.69) is 5.32 Å². The van der Waals surface area contributed by atoms with Gasteiger partial charge in [0, 0.05) is 22.9 Å². The number of hydrogen-bond acceptors (Lipinski definition) is 9. The van der Waals surface area contributed by atoms with Crippen molar-refractivity contribution in [2.45, 2.75) is 39.5 Å². The van der Waals surface area contributed by atoms with Crippen molar-refractivity contribution in [2.75, 3.05) is 27.9 Å². The fourth-order valence-corrected chi connectivity index (χ4v) is 4.64. The van der Waals surface area contributed by atoms with Crippen LogP contribution in [0.2, 0.25) is 0 Å². The molecular formula is C25H31NO8. The minimum Gasteiger partial charge on any atom is -0.502 e. The first-order valence-electron chi connectivity index (χ1n) is 11.1. The molecule has 2 N–H and O–H groups in total. The summed E-state index contributed by atoms with van der Waals surface area (Å²) in [5.74, 6) is -3.74. The van der Waals surface area contributed by atoms with Gasteiger partial charge in [0.2, 0.25) is 5.75 Å². The van der Waals surface area contributed by atoms with Crippen LogP contribution in [0.3, 0.4) is 0 Å². The lowest BCUT2D eigenvalue weighted by molar-refractivity contribution is -0.151. The van der Waals surface area contributed by atoms with Gasteiger partial charge in [0.25, 0.3) is 0 Å². The van der Waals surface area contributed by atoms with Crippen LogP contribution in [0.25, 0.3) is 0 Å². The standard InChI is InChI=1S/C25H31NO8/c1-7-8-34-25(30)19-13(3)26-15-9-12(2)18(24(29)33-6)23(28)21(15)20(19)14-10-16(31-4)22(27)17(11-14)32-5/h10-12,18,20,26-27H,7-9H2,1-6H3/t12-,18+,20+/m0/s1. The Morgan fingerprint density at radius 1 is 1.15 bits per heavy atom. The van der Waals surface area contributed by atoms with E-state index in [9.17, 15) is 19.5 Å². The Hall–Kier alpha value is -3.49. The van der Waals surface area contributed by atoms with E-state index < -0.39 is 29.6 Å². The van der Waals surface area contributed by atoms with Gasteiger partial charge in [0.15, 0.2) is 17.3 Å². The van der Waals surface area contributed by atoms with Crippen molar-refractivity contribution in [1.29, 1.82) is 0 Å². The minimum atomic E-state index is -1.000. The van der Waals surface area contributed by atoms with E-state index in [1.807, 2.05) is 13.8 Å². The number of benzene rings is 1. The second kappa shape index (κ2) is 10.2. The van der Waals surface area contributed by atoms with E-state index in [1.165, 1.54) is 21.3 Å². The number of methoxy groups -OCH3 is 3. The van der Waals surface area contributed by atoms with Crippen LogP contribution in [0.5, 0.6) is 17.2 Å². The van der Waals surface area contributed by atoms with Gasteiger partial charge in [-0.2, -0.15) is 0 Å². The quantitative estimate of drug-likeness (QED) is 0.455. The lowest BCUT2D eigenvalue weighted by Crippen LogP contribution is -2.43. The maximum Gasteiger partial charge on any atom is 0.336 e. The van der Waals surface area contributed by atoms with Crippen LogP contribution in [-0.2, 0) is 23.9 Å². The molecule has 1 aliphatic carbocycles. The van der Waals surface area contributed by atoms with Gasteiger partial charge in [-0.15, -0.1) is 0 Å². The number of allylic oxidation sites excluding steroid dienone is 3. The second-order valence-corrected chi connectivity index (χ2v) is 8.45. The van der Waals surface area contributed by atoms with Crippen molar-refractivity contribution in [2.24, 2.45) is 11.8 Å². The zero-order valence-electron chi connectivity index (χ0n) is 20.3. The molecule has 1 aromatic carbocycles. The molecule has 184 valence electrons. The number of phenolic OH excluding ortho intramolecular Hbond substituents is 1. The van der Waals surface area contributed by atoms with E-state index in [1.54, 1.807) is 19.1 Å². The van der Waals surface area contributed by atoms with Gasteiger partial charge in [-0.05, 0) is 43.4 Å². The number of hydrogen-bond donors (Lipinski definition) is 2. The molecule has 0 fully saturated rings. The third-order valence-corrected chi connectivity index (χ3v) is 6.24. The summed E-state index contributed by atoms with van der Waals surface area (Å²) in [6.45, 7) is 5.66. The van der Waals surface area contributed by atoms with Crippen molar-refractivity contribution in [3.63, 3.8) is 0 Å². The molecule has 1 aliphatic heterocycles. The molecule has 0 amide bonds. The van der Waals surface area contributed by atoms with Crippen LogP contribution >= 0.6 is 0 Å². The molecule has 9 heteroatoms. The molecule has 0 radical (unpaired) electrons. The van der Waals surface area contributed by atoms with Gasteiger partial charge in [-0.1, -0.05) is 13.8 Å². The van der Waals surface area contributed by atoms with Gasteiger partial charge in [-0.3, -0.25) is 9.59 Å². The van der Waals surface area contributed by atoms with Crippen molar-refractivity contribution in [3.8, 4) is 17.2 Å². The van der Waals surface area contributed by atoms with E-state index in [-0.39, 0.29) is 40.9 Å². The van der Waals surface area contributed by atoms with Crippen molar-refractivity contribution in [1.82, 2.24) is 5.32 Å². The lowest BCUT2D eigenvalue weighted by Gasteiger charge is -2.38. The summed E-state index contributed by atoms with van der Waals surface area (Å²) < 4.78 is 21.0. The van der Waals surface area contributed by atoms with Crippen LogP contribution < -0.4 is 14.8 Å². The molecule has 0 aromatic heterocycles. The third-order valence-electron chi connectivity index (χ3n) is 6.24. The Bertz CT molecular complexity index is 1050. The first-order valence-corrected chi connectivity index (χ1v) is 11.1. The number of nitrogens with one attached hydrogen (secondary N) is 1. The number of phenols is 1. The summed E-state index contributed by atoms with van der Waals surface area (Å²) in [6.07, 6.45) is 1.05. The largest absolute Gasteiger partial charge is 0.502 e. The fraction of sp³-hybridized carbons (Fsp3) is 0.480. The molecule has 34 heavy (non-hydrogen) atoms. The highest BCUT2D eigenvalue weighted by Crippen LogP contribution is 2.48. The van der Waals surface area contributed by atoms with E-state index in [0.29, 0.717) is 29.8 Å². The minimum absolute atomic E-state index is 0.120. The normalized spacial score (nSPS) is 22.1. The smallest absolute Gasteiger partial charge is 0.336 e. The molecule has 1 heterocycles. The summed E-state index contributed by atoms with van der Waals surface area (Å²) in [7, 11) is 4.03. The van der Waals surface area contributed by atoms with Gasteiger partial charge in [0.1, 0.15) is 5.92 Å². The van der Waals surface area contributed by atoms with Crippen LogP contribution in [0.15, 0.2) is 34.7 Å². The van der Waals surface area contributed by atoms with Gasteiger partial charge in [-0.25, -0.2) is 4.79 Å². The molecule has 1 aromatic rings. The van der Waals surface area contributed by atoms with E-state index in [0.717, 1.165) is 0 Å². The van der Waals surface area contributed by atoms with Crippen molar-refractivity contribution in [3.05, 3.63) is 40.2 Å². The third kappa shape index (κ3) is 4.34. The van der Waals surface area contributed by atoms with Gasteiger partial charge >= 0.3 is 11.9 Å². The number of ketones is 1. The Morgan fingerprint density at radius 2 is 1.76 bits per heavy atom. The molecule has 0 saturated carbocycles. The highest BCUT2D eigenvalue weighted by molar-refractivity contribution is 6.12. The first kappa shape index (κ1) is 25.1. The number of carbonyl (C=O) groups excluding carboxylic acids is 3. The average molecular weight is 474 g/mol. The second-order valence-electron chi connectivity index (χ2n) is 8.45. The van der Waals surface area contributed by atoms with Crippen LogP contribution in [-0.4, -0.2) is 50.8 Å².